The maximum atomic E-state index is 12.2. The van der Waals surface area contributed by atoms with Crippen molar-refractivity contribution in [2.75, 3.05) is 7.11 Å². The maximum absolute atomic E-state index is 12.2. The molecule has 1 amide bonds. The van der Waals surface area contributed by atoms with Crippen molar-refractivity contribution in [1.29, 1.82) is 0 Å². The van der Waals surface area contributed by atoms with Crippen LogP contribution in [0.5, 0.6) is 11.5 Å². The van der Waals surface area contributed by atoms with E-state index in [1.165, 1.54) is 25.5 Å². The average Bonchev–Trinajstić information content (AvgIpc) is 2.79. The second-order valence-corrected chi connectivity index (χ2v) is 8.03. The number of halogens is 2. The van der Waals surface area contributed by atoms with Crippen molar-refractivity contribution in [2.45, 2.75) is 13.0 Å². The molecule has 0 fully saturated rings. The predicted octanol–water partition coefficient (Wildman–Crippen LogP) is 5.29. The van der Waals surface area contributed by atoms with Gasteiger partial charge in [0.15, 0.2) is 11.5 Å². The van der Waals surface area contributed by atoms with Gasteiger partial charge in [-0.15, -0.1) is 0 Å². The summed E-state index contributed by atoms with van der Waals surface area (Å²) in [7, 11) is 1.51. The molecule has 0 aromatic heterocycles. The summed E-state index contributed by atoms with van der Waals surface area (Å²) in [4.78, 5) is 22.7. The Bertz CT molecular complexity index is 1200. The van der Waals surface area contributed by atoms with Crippen molar-refractivity contribution in [3.8, 4) is 11.5 Å². The largest absolute Gasteiger partial charge is 0.493 e. The van der Waals surface area contributed by atoms with Gasteiger partial charge in [-0.05, 0) is 39.7 Å². The number of hydrazone groups is 1. The summed E-state index contributed by atoms with van der Waals surface area (Å²) < 4.78 is 11.9. The topological polar surface area (TPSA) is 103 Å². The van der Waals surface area contributed by atoms with Gasteiger partial charge in [-0.2, -0.15) is 5.10 Å². The molecule has 170 valence electrons. The fourth-order valence-electron chi connectivity index (χ4n) is 2.95. The molecule has 0 bridgehead atoms. The molecular weight excluding hydrogens is 514 g/mol. The predicted molar refractivity (Wildman–Crippen MR) is 129 cm³/mol. The number of methoxy groups -OCH3 is 1. The Balaban J connectivity index is 1.66. The number of carbonyl (C=O) groups is 1. The summed E-state index contributed by atoms with van der Waals surface area (Å²) >= 11 is 9.65. The summed E-state index contributed by atoms with van der Waals surface area (Å²) in [5.74, 6) is 0.477. The number of para-hydroxylation sites is 1. The van der Waals surface area contributed by atoms with Gasteiger partial charge in [-0.25, -0.2) is 5.43 Å². The summed E-state index contributed by atoms with van der Waals surface area (Å²) in [6.45, 7) is 0.254. The molecular formula is C23H19BrClN3O5. The van der Waals surface area contributed by atoms with Crippen LogP contribution in [-0.2, 0) is 17.8 Å². The van der Waals surface area contributed by atoms with Crippen molar-refractivity contribution in [2.24, 2.45) is 5.10 Å². The zero-order valence-corrected chi connectivity index (χ0v) is 19.8. The first kappa shape index (κ1) is 24.2. The van der Waals surface area contributed by atoms with Crippen LogP contribution in [0.15, 0.2) is 70.2 Å². The van der Waals surface area contributed by atoms with Crippen molar-refractivity contribution in [3.63, 3.8) is 0 Å². The normalized spacial score (nSPS) is 10.8. The lowest BCUT2D eigenvalue weighted by atomic mass is 10.1. The van der Waals surface area contributed by atoms with Crippen LogP contribution >= 0.6 is 27.5 Å². The third-order valence-electron chi connectivity index (χ3n) is 4.52. The molecule has 0 saturated carbocycles. The molecule has 0 aliphatic rings. The fourth-order valence-corrected chi connectivity index (χ4v) is 3.71. The van der Waals surface area contributed by atoms with E-state index in [0.29, 0.717) is 32.1 Å². The van der Waals surface area contributed by atoms with Crippen LogP contribution in [0, 0.1) is 10.1 Å². The molecule has 0 saturated heterocycles. The molecule has 1 N–H and O–H groups in total. The van der Waals surface area contributed by atoms with E-state index in [2.05, 4.69) is 26.5 Å². The number of nitrogens with zero attached hydrogens (tertiary/aromatic N) is 2. The van der Waals surface area contributed by atoms with Gasteiger partial charge >= 0.3 is 0 Å². The molecule has 0 aliphatic carbocycles. The first-order chi connectivity index (χ1) is 15.9. The van der Waals surface area contributed by atoms with Gasteiger partial charge in [-0.1, -0.05) is 48.0 Å². The summed E-state index contributed by atoms with van der Waals surface area (Å²) in [5.41, 5.74) is 4.04. The number of nitro groups is 1. The summed E-state index contributed by atoms with van der Waals surface area (Å²) in [5, 5.41) is 15.6. The monoisotopic (exact) mass is 531 g/mol. The molecule has 0 spiro atoms. The zero-order chi connectivity index (χ0) is 23.8. The SMILES string of the molecule is COc1cc(/C=N\NC(=O)Cc2ccccc2[N+](=O)[O-])cc(Br)c1OCc1ccccc1Cl. The van der Waals surface area contributed by atoms with Crippen LogP contribution in [0.3, 0.4) is 0 Å². The van der Waals surface area contributed by atoms with E-state index in [0.717, 1.165) is 5.56 Å². The molecule has 3 aromatic rings. The lowest BCUT2D eigenvalue weighted by molar-refractivity contribution is -0.385. The van der Waals surface area contributed by atoms with Crippen LogP contribution in [0.2, 0.25) is 5.02 Å². The first-order valence-corrected chi connectivity index (χ1v) is 10.8. The van der Waals surface area contributed by atoms with Crippen LogP contribution < -0.4 is 14.9 Å². The number of nitro benzene ring substituents is 1. The second-order valence-electron chi connectivity index (χ2n) is 6.77. The molecule has 33 heavy (non-hydrogen) atoms. The van der Waals surface area contributed by atoms with Gasteiger partial charge in [0.25, 0.3) is 5.69 Å². The van der Waals surface area contributed by atoms with Gasteiger partial charge in [0.1, 0.15) is 6.61 Å². The molecule has 0 atom stereocenters. The molecule has 3 aromatic carbocycles. The Labute approximate surface area is 203 Å². The Kier molecular flexibility index (Phi) is 8.39. The van der Waals surface area contributed by atoms with E-state index in [1.54, 1.807) is 30.3 Å². The van der Waals surface area contributed by atoms with Gasteiger partial charge in [0, 0.05) is 22.2 Å². The first-order valence-electron chi connectivity index (χ1n) is 9.67. The Hall–Kier alpha value is -3.43. The molecule has 8 nitrogen and oxygen atoms in total. The van der Waals surface area contributed by atoms with Gasteiger partial charge < -0.3 is 9.47 Å². The average molecular weight is 533 g/mol. The van der Waals surface area contributed by atoms with Crippen molar-refractivity contribution in [1.82, 2.24) is 5.43 Å². The summed E-state index contributed by atoms with van der Waals surface area (Å²) in [6.07, 6.45) is 1.26. The minimum absolute atomic E-state index is 0.113. The number of hydrogen-bond acceptors (Lipinski definition) is 6. The van der Waals surface area contributed by atoms with Crippen LogP contribution in [0.1, 0.15) is 16.7 Å². The highest BCUT2D eigenvalue weighted by Gasteiger charge is 2.15. The second kappa shape index (κ2) is 11.4. The van der Waals surface area contributed by atoms with E-state index < -0.39 is 10.8 Å². The van der Waals surface area contributed by atoms with Gasteiger partial charge in [-0.3, -0.25) is 14.9 Å². The number of rotatable bonds is 9. The number of amides is 1. The van der Waals surface area contributed by atoms with E-state index in [1.807, 2.05) is 18.2 Å². The lowest BCUT2D eigenvalue weighted by Crippen LogP contribution is -2.20. The fraction of sp³-hybridized carbons (Fsp3) is 0.130. The van der Waals surface area contributed by atoms with Gasteiger partial charge in [0.2, 0.25) is 5.91 Å². The third kappa shape index (κ3) is 6.53. The highest BCUT2D eigenvalue weighted by molar-refractivity contribution is 9.10. The van der Waals surface area contributed by atoms with Crippen LogP contribution in [-0.4, -0.2) is 24.2 Å². The number of carbonyl (C=O) groups excluding carboxylic acids is 1. The van der Waals surface area contributed by atoms with E-state index in [4.69, 9.17) is 21.1 Å². The zero-order valence-electron chi connectivity index (χ0n) is 17.5. The number of nitrogens with one attached hydrogen (secondary N) is 1. The van der Waals surface area contributed by atoms with E-state index in [-0.39, 0.29) is 18.7 Å². The van der Waals surface area contributed by atoms with E-state index >= 15 is 0 Å². The van der Waals surface area contributed by atoms with Gasteiger partial charge in [0.05, 0.1) is 29.1 Å². The third-order valence-corrected chi connectivity index (χ3v) is 5.48. The highest BCUT2D eigenvalue weighted by Crippen LogP contribution is 2.37. The van der Waals surface area contributed by atoms with Crippen molar-refractivity contribution in [3.05, 3.63) is 97.0 Å². The molecule has 0 heterocycles. The Morgan fingerprint density at radius 1 is 1.18 bits per heavy atom. The number of benzene rings is 3. The Morgan fingerprint density at radius 3 is 2.58 bits per heavy atom. The Morgan fingerprint density at radius 2 is 1.88 bits per heavy atom. The van der Waals surface area contributed by atoms with Crippen LogP contribution in [0.25, 0.3) is 0 Å². The molecule has 0 radical (unpaired) electrons. The number of ether oxygens (including phenoxy) is 2. The van der Waals surface area contributed by atoms with E-state index in [9.17, 15) is 14.9 Å². The quantitative estimate of drug-likeness (QED) is 0.229. The lowest BCUT2D eigenvalue weighted by Gasteiger charge is -2.14. The molecule has 3 rings (SSSR count). The minimum atomic E-state index is -0.523. The standard InChI is InChI=1S/C23H19BrClN3O5/c1-32-21-11-15(10-18(24)23(21)33-14-17-7-2-4-8-19(17)25)13-26-27-22(29)12-16-6-3-5-9-20(16)28(30)31/h2-11,13H,12,14H2,1H3,(H,27,29)/b26-13-. The molecule has 0 unspecified atom stereocenters. The minimum Gasteiger partial charge on any atom is -0.493 e. The van der Waals surface area contributed by atoms with Crippen LogP contribution in [0.4, 0.5) is 5.69 Å². The van der Waals surface area contributed by atoms with Crippen molar-refractivity contribution >= 4 is 45.3 Å². The summed E-state index contributed by atoms with van der Waals surface area (Å²) in [6, 6.07) is 16.9. The highest BCUT2D eigenvalue weighted by atomic mass is 79.9. The molecule has 0 aliphatic heterocycles. The van der Waals surface area contributed by atoms with Crippen molar-refractivity contribution < 1.29 is 19.2 Å². The maximum Gasteiger partial charge on any atom is 0.273 e. The smallest absolute Gasteiger partial charge is 0.273 e. The number of hydrogen-bond donors (Lipinski definition) is 1. The molecule has 10 heteroatoms.